The molecule has 1 aromatic heterocycles. The van der Waals surface area contributed by atoms with E-state index >= 15 is 0 Å². The van der Waals surface area contributed by atoms with E-state index in [2.05, 4.69) is 10.3 Å². The van der Waals surface area contributed by atoms with Gasteiger partial charge in [0.2, 0.25) is 0 Å². The summed E-state index contributed by atoms with van der Waals surface area (Å²) in [5, 5.41) is 2.54. The number of nitrogens with zero attached hydrogens (tertiary/aromatic N) is 2. The van der Waals surface area contributed by atoms with E-state index < -0.39 is 26.9 Å². The lowest BCUT2D eigenvalue weighted by Crippen LogP contribution is -2.33. The summed E-state index contributed by atoms with van der Waals surface area (Å²) in [6.45, 7) is 1.67. The van der Waals surface area contributed by atoms with E-state index in [-0.39, 0.29) is 13.1 Å². The largest absolute Gasteiger partial charge is 0.433 e. The number of pyridine rings is 1. The first kappa shape index (κ1) is 14.5. The molecule has 0 spiro atoms. The number of halogens is 3. The van der Waals surface area contributed by atoms with Crippen molar-refractivity contribution in [3.8, 4) is 0 Å². The van der Waals surface area contributed by atoms with Crippen molar-refractivity contribution in [3.05, 3.63) is 35.0 Å². The van der Waals surface area contributed by atoms with Gasteiger partial charge in [0, 0.05) is 26.2 Å². The van der Waals surface area contributed by atoms with Crippen molar-refractivity contribution in [1.29, 1.82) is 0 Å². The summed E-state index contributed by atoms with van der Waals surface area (Å²) >= 11 is 0. The molecular weight excluding hydrogens is 307 g/mol. The molecule has 2 aliphatic rings. The molecule has 0 aromatic carbocycles. The summed E-state index contributed by atoms with van der Waals surface area (Å²) in [7, 11) is -4.01. The molecule has 0 bridgehead atoms. The topological polar surface area (TPSA) is 62.3 Å². The molecule has 0 aliphatic carbocycles. The Balaban J connectivity index is 1.90. The number of aromatic nitrogens is 1. The molecule has 114 valence electrons. The van der Waals surface area contributed by atoms with Gasteiger partial charge in [-0.15, -0.1) is 0 Å². The van der Waals surface area contributed by atoms with Gasteiger partial charge in [0.15, 0.2) is 5.03 Å². The zero-order chi connectivity index (χ0) is 15.3. The molecule has 0 saturated carbocycles. The molecule has 9 heteroatoms. The average molecular weight is 319 g/mol. The highest BCUT2D eigenvalue weighted by Gasteiger charge is 2.37. The number of rotatable bonds is 2. The summed E-state index contributed by atoms with van der Waals surface area (Å²) in [5.74, 6) is 0. The average Bonchev–Trinajstić information content (AvgIpc) is 2.98. The van der Waals surface area contributed by atoms with E-state index in [1.807, 2.05) is 0 Å². The lowest BCUT2D eigenvalue weighted by Gasteiger charge is -2.18. The van der Waals surface area contributed by atoms with Crippen LogP contribution in [0.2, 0.25) is 0 Å². The molecule has 0 saturated heterocycles. The van der Waals surface area contributed by atoms with Gasteiger partial charge < -0.3 is 5.32 Å². The van der Waals surface area contributed by atoms with Crippen LogP contribution < -0.4 is 5.32 Å². The van der Waals surface area contributed by atoms with Crippen LogP contribution in [-0.4, -0.2) is 43.9 Å². The van der Waals surface area contributed by atoms with E-state index in [1.54, 1.807) is 0 Å². The van der Waals surface area contributed by atoms with E-state index in [0.29, 0.717) is 13.1 Å². The van der Waals surface area contributed by atoms with Crippen molar-refractivity contribution in [1.82, 2.24) is 14.6 Å². The second-order valence-electron chi connectivity index (χ2n) is 4.94. The second kappa shape index (κ2) is 4.79. The van der Waals surface area contributed by atoms with Crippen molar-refractivity contribution < 1.29 is 21.6 Å². The van der Waals surface area contributed by atoms with Crippen LogP contribution in [0.1, 0.15) is 5.69 Å². The first-order chi connectivity index (χ1) is 9.78. The van der Waals surface area contributed by atoms with Crippen molar-refractivity contribution in [2.45, 2.75) is 11.2 Å². The molecule has 1 N–H and O–H groups in total. The monoisotopic (exact) mass is 319 g/mol. The summed E-state index contributed by atoms with van der Waals surface area (Å²) in [6.07, 6.45) is -4.67. The summed E-state index contributed by atoms with van der Waals surface area (Å²) in [5.41, 5.74) is 0.779. The van der Waals surface area contributed by atoms with Crippen LogP contribution in [0.3, 0.4) is 0 Å². The minimum Gasteiger partial charge on any atom is -0.309 e. The summed E-state index contributed by atoms with van der Waals surface area (Å²) < 4.78 is 63.9. The first-order valence-corrected chi connectivity index (χ1v) is 7.67. The van der Waals surface area contributed by atoms with Gasteiger partial charge >= 0.3 is 6.18 Å². The van der Waals surface area contributed by atoms with Crippen LogP contribution in [0.25, 0.3) is 0 Å². The predicted octanol–water partition coefficient (Wildman–Crippen LogP) is 1.00. The van der Waals surface area contributed by atoms with Crippen LogP contribution in [-0.2, 0) is 16.2 Å². The van der Waals surface area contributed by atoms with Crippen LogP contribution in [0.15, 0.2) is 34.4 Å². The maximum absolute atomic E-state index is 12.6. The van der Waals surface area contributed by atoms with Gasteiger partial charge in [-0.1, -0.05) is 6.07 Å². The van der Waals surface area contributed by atoms with Crippen molar-refractivity contribution in [2.75, 3.05) is 26.2 Å². The van der Waals surface area contributed by atoms with Gasteiger partial charge in [-0.05, 0) is 23.3 Å². The minimum absolute atomic E-state index is 0.211. The third-order valence-corrected chi connectivity index (χ3v) is 5.22. The maximum atomic E-state index is 12.6. The van der Waals surface area contributed by atoms with Gasteiger partial charge in [-0.2, -0.15) is 17.5 Å². The lowest BCUT2D eigenvalue weighted by molar-refractivity contribution is -0.141. The lowest BCUT2D eigenvalue weighted by atomic mass is 10.2. The van der Waals surface area contributed by atoms with Gasteiger partial charge in [0.25, 0.3) is 10.0 Å². The Labute approximate surface area is 119 Å². The predicted molar refractivity (Wildman–Crippen MR) is 67.9 cm³/mol. The highest BCUT2D eigenvalue weighted by molar-refractivity contribution is 7.89. The molecule has 0 unspecified atom stereocenters. The zero-order valence-electron chi connectivity index (χ0n) is 10.8. The zero-order valence-corrected chi connectivity index (χ0v) is 11.6. The highest BCUT2D eigenvalue weighted by atomic mass is 32.2. The molecule has 5 nitrogen and oxygen atoms in total. The van der Waals surface area contributed by atoms with Crippen LogP contribution in [0.4, 0.5) is 13.2 Å². The first-order valence-electron chi connectivity index (χ1n) is 6.23. The second-order valence-corrected chi connectivity index (χ2v) is 6.83. The van der Waals surface area contributed by atoms with Crippen molar-refractivity contribution in [3.63, 3.8) is 0 Å². The van der Waals surface area contributed by atoms with E-state index in [4.69, 9.17) is 0 Å². The highest BCUT2D eigenvalue weighted by Crippen LogP contribution is 2.30. The van der Waals surface area contributed by atoms with Crippen LogP contribution >= 0.6 is 0 Å². The Kier molecular flexibility index (Phi) is 3.30. The quantitative estimate of drug-likeness (QED) is 0.826. The van der Waals surface area contributed by atoms with Gasteiger partial charge in [-0.25, -0.2) is 13.4 Å². The molecule has 1 aromatic rings. The standard InChI is InChI=1S/C12H12F3N3O2S/c13-12(14,15)10-2-1-3-11(17-10)21(19,20)18-6-8-4-16-5-9(8)7-18/h1-3,16H,4-7H2. The Hall–Kier alpha value is -1.45. The smallest absolute Gasteiger partial charge is 0.309 e. The fourth-order valence-corrected chi connectivity index (χ4v) is 3.83. The fraction of sp³-hybridized carbons (Fsp3) is 0.417. The maximum Gasteiger partial charge on any atom is 0.433 e. The number of nitrogens with one attached hydrogen (secondary N) is 1. The number of hydrogen-bond acceptors (Lipinski definition) is 4. The number of alkyl halides is 3. The van der Waals surface area contributed by atoms with Crippen LogP contribution in [0.5, 0.6) is 0 Å². The Morgan fingerprint density at radius 2 is 1.76 bits per heavy atom. The molecule has 0 atom stereocenters. The van der Waals surface area contributed by atoms with E-state index in [0.717, 1.165) is 29.3 Å². The molecule has 0 radical (unpaired) electrons. The normalized spacial score (nSPS) is 20.1. The van der Waals surface area contributed by atoms with Gasteiger partial charge in [-0.3, -0.25) is 0 Å². The summed E-state index contributed by atoms with van der Waals surface area (Å²) in [6, 6.07) is 2.90. The molecule has 0 amide bonds. The number of sulfonamides is 1. The SMILES string of the molecule is O=S(=O)(c1cccc(C(F)(F)F)n1)N1CC2=C(CNC2)C1. The summed E-state index contributed by atoms with van der Waals surface area (Å²) in [4.78, 5) is 3.27. The van der Waals surface area contributed by atoms with E-state index in [9.17, 15) is 21.6 Å². The third-order valence-electron chi connectivity index (χ3n) is 3.53. The Morgan fingerprint density at radius 3 is 2.33 bits per heavy atom. The van der Waals surface area contributed by atoms with Crippen LogP contribution in [0, 0.1) is 0 Å². The molecule has 21 heavy (non-hydrogen) atoms. The minimum atomic E-state index is -4.67. The van der Waals surface area contributed by atoms with Crippen molar-refractivity contribution >= 4 is 10.0 Å². The Bertz CT molecular complexity index is 697. The molecule has 3 heterocycles. The molecule has 2 aliphatic heterocycles. The molecular formula is C12H12F3N3O2S. The molecule has 0 fully saturated rings. The van der Waals surface area contributed by atoms with Gasteiger partial charge in [0.05, 0.1) is 0 Å². The van der Waals surface area contributed by atoms with Gasteiger partial charge in [0.1, 0.15) is 5.69 Å². The van der Waals surface area contributed by atoms with Crippen molar-refractivity contribution in [2.24, 2.45) is 0 Å². The fourth-order valence-electron chi connectivity index (χ4n) is 2.45. The Morgan fingerprint density at radius 1 is 1.14 bits per heavy atom. The van der Waals surface area contributed by atoms with E-state index in [1.165, 1.54) is 4.31 Å². The molecule has 3 rings (SSSR count). The number of hydrogen-bond donors (Lipinski definition) is 1. The third kappa shape index (κ3) is 2.56.